The zero-order chi connectivity index (χ0) is 21.1. The third-order valence-electron chi connectivity index (χ3n) is 6.39. The first kappa shape index (κ1) is 20.4. The number of piperidine rings is 1. The summed E-state index contributed by atoms with van der Waals surface area (Å²) in [6, 6.07) is 7.75. The van der Waals surface area contributed by atoms with Crippen molar-refractivity contribution in [1.82, 2.24) is 4.90 Å². The molecule has 3 aliphatic rings. The molecule has 1 atom stereocenters. The van der Waals surface area contributed by atoms with E-state index in [1.54, 1.807) is 11.8 Å². The van der Waals surface area contributed by atoms with Gasteiger partial charge >= 0.3 is 0 Å². The van der Waals surface area contributed by atoms with Gasteiger partial charge in [0.05, 0.1) is 6.04 Å². The normalized spacial score (nSPS) is 22.1. The Morgan fingerprint density at radius 1 is 1.17 bits per heavy atom. The summed E-state index contributed by atoms with van der Waals surface area (Å²) >= 11 is 0. The minimum absolute atomic E-state index is 0.00979. The summed E-state index contributed by atoms with van der Waals surface area (Å²) in [4.78, 5) is 38.0. The fourth-order valence-electron chi connectivity index (χ4n) is 4.66. The maximum Gasteiger partial charge on any atom is 0.291 e. The molecule has 7 nitrogen and oxygen atoms in total. The van der Waals surface area contributed by atoms with Crippen LogP contribution in [-0.4, -0.2) is 41.8 Å². The summed E-state index contributed by atoms with van der Waals surface area (Å²) in [7, 11) is 0. The van der Waals surface area contributed by atoms with E-state index in [9.17, 15) is 14.4 Å². The van der Waals surface area contributed by atoms with Crippen LogP contribution < -0.4 is 5.32 Å². The topological polar surface area (TPSA) is 91.2 Å². The zero-order valence-electron chi connectivity index (χ0n) is 17.4. The Morgan fingerprint density at radius 3 is 2.70 bits per heavy atom. The van der Waals surface area contributed by atoms with E-state index < -0.39 is 0 Å². The third kappa shape index (κ3) is 4.50. The van der Waals surface area contributed by atoms with Crippen molar-refractivity contribution >= 4 is 23.4 Å². The summed E-state index contributed by atoms with van der Waals surface area (Å²) in [5.41, 5.74) is 3.85. The first-order chi connectivity index (χ1) is 14.5. The second-order valence-corrected chi connectivity index (χ2v) is 8.42. The van der Waals surface area contributed by atoms with Gasteiger partial charge in [0.15, 0.2) is 0 Å². The molecule has 0 bridgehead atoms. The Morgan fingerprint density at radius 2 is 1.93 bits per heavy atom. The van der Waals surface area contributed by atoms with Gasteiger partial charge in [-0.25, -0.2) is 0 Å². The summed E-state index contributed by atoms with van der Waals surface area (Å²) in [5, 5.41) is 11.2. The lowest BCUT2D eigenvalue weighted by Gasteiger charge is -2.30. The van der Waals surface area contributed by atoms with E-state index >= 15 is 0 Å². The predicted molar refractivity (Wildman–Crippen MR) is 113 cm³/mol. The summed E-state index contributed by atoms with van der Waals surface area (Å²) in [5.74, 6) is -0.162. The first-order valence-corrected chi connectivity index (χ1v) is 10.8. The van der Waals surface area contributed by atoms with Gasteiger partial charge in [0.1, 0.15) is 0 Å². The molecule has 158 valence electrons. The molecule has 3 amide bonds. The first-order valence-electron chi connectivity index (χ1n) is 10.8. The predicted octanol–water partition coefficient (Wildman–Crippen LogP) is 3.66. The fourth-order valence-corrected chi connectivity index (χ4v) is 4.66. The molecule has 30 heavy (non-hydrogen) atoms. The molecule has 1 aromatic carbocycles. The number of amides is 3. The van der Waals surface area contributed by atoms with Gasteiger partial charge in [0.25, 0.3) is 5.91 Å². The second kappa shape index (κ2) is 8.90. The highest BCUT2D eigenvalue weighted by Crippen LogP contribution is 2.34. The van der Waals surface area contributed by atoms with Crippen molar-refractivity contribution in [3.05, 3.63) is 41.0 Å². The van der Waals surface area contributed by atoms with Crippen LogP contribution in [0.4, 0.5) is 5.69 Å². The molecule has 1 N–H and O–H groups in total. The molecule has 1 unspecified atom stereocenters. The lowest BCUT2D eigenvalue weighted by Crippen LogP contribution is -2.40. The molecule has 2 aliphatic heterocycles. The molecule has 0 radical (unpaired) electrons. The van der Waals surface area contributed by atoms with Crippen molar-refractivity contribution in [1.29, 1.82) is 0 Å². The van der Waals surface area contributed by atoms with Crippen LogP contribution in [0.25, 0.3) is 0 Å². The van der Waals surface area contributed by atoms with Gasteiger partial charge in [-0.1, -0.05) is 12.1 Å². The van der Waals surface area contributed by atoms with E-state index in [-0.39, 0.29) is 29.7 Å². The van der Waals surface area contributed by atoms with Gasteiger partial charge in [-0.15, -0.1) is 5.11 Å². The Bertz CT molecular complexity index is 913. The Labute approximate surface area is 176 Å². The van der Waals surface area contributed by atoms with E-state index in [0.717, 1.165) is 48.1 Å². The van der Waals surface area contributed by atoms with Gasteiger partial charge in [-0.2, -0.15) is 5.11 Å². The van der Waals surface area contributed by atoms with E-state index in [2.05, 4.69) is 15.5 Å². The van der Waals surface area contributed by atoms with Crippen molar-refractivity contribution < 1.29 is 14.4 Å². The molecule has 2 heterocycles. The van der Waals surface area contributed by atoms with Crippen LogP contribution in [0.2, 0.25) is 0 Å². The van der Waals surface area contributed by atoms with E-state index in [1.165, 1.54) is 0 Å². The van der Waals surface area contributed by atoms with Crippen molar-refractivity contribution in [2.24, 2.45) is 16.1 Å². The average Bonchev–Trinajstić information content (AvgIpc) is 2.76. The number of nitrogens with one attached hydrogen (secondary N) is 1. The van der Waals surface area contributed by atoms with Crippen LogP contribution in [0.1, 0.15) is 51.0 Å². The standard InChI is InChI=1S/C23H28N4O3/c1-15(28)27-11-9-17(10-12-27)22(29)24-18-6-4-5-16(13-18)14-21-19-7-2-3-8-20(19)23(30)26-25-21/h4-6,13,17,21H,2-3,7-12,14H2,1H3,(H,24,29). The molecule has 1 aliphatic carbocycles. The van der Waals surface area contributed by atoms with Crippen LogP contribution in [-0.2, 0) is 20.8 Å². The van der Waals surface area contributed by atoms with Crippen molar-refractivity contribution in [2.45, 2.75) is 57.9 Å². The van der Waals surface area contributed by atoms with Crippen LogP contribution in [0.3, 0.4) is 0 Å². The summed E-state index contributed by atoms with van der Waals surface area (Å²) < 4.78 is 0. The fraction of sp³-hybridized carbons (Fsp3) is 0.522. The Kier molecular flexibility index (Phi) is 6.06. The average molecular weight is 409 g/mol. The van der Waals surface area contributed by atoms with Gasteiger partial charge in [0, 0.05) is 43.6 Å². The Balaban J connectivity index is 1.39. The van der Waals surface area contributed by atoms with Gasteiger partial charge in [-0.05, 0) is 61.8 Å². The lowest BCUT2D eigenvalue weighted by atomic mass is 9.84. The maximum atomic E-state index is 12.7. The quantitative estimate of drug-likeness (QED) is 0.824. The number of benzene rings is 1. The highest BCUT2D eigenvalue weighted by Gasteiger charge is 2.29. The van der Waals surface area contributed by atoms with Gasteiger partial charge < -0.3 is 10.2 Å². The molecule has 1 fully saturated rings. The number of anilines is 1. The maximum absolute atomic E-state index is 12.7. The lowest BCUT2D eigenvalue weighted by molar-refractivity contribution is -0.132. The van der Waals surface area contributed by atoms with Crippen LogP contribution in [0.5, 0.6) is 0 Å². The number of likely N-dealkylation sites (tertiary alicyclic amines) is 1. The number of azo groups is 1. The number of hydrogen-bond acceptors (Lipinski definition) is 4. The summed E-state index contributed by atoms with van der Waals surface area (Å²) in [6.45, 7) is 2.84. The van der Waals surface area contributed by atoms with Crippen molar-refractivity contribution in [3.63, 3.8) is 0 Å². The molecule has 0 spiro atoms. The van der Waals surface area contributed by atoms with Crippen LogP contribution in [0.15, 0.2) is 45.6 Å². The van der Waals surface area contributed by atoms with Crippen molar-refractivity contribution in [2.75, 3.05) is 18.4 Å². The van der Waals surface area contributed by atoms with E-state index in [0.29, 0.717) is 32.4 Å². The summed E-state index contributed by atoms with van der Waals surface area (Å²) in [6.07, 6.45) is 5.92. The van der Waals surface area contributed by atoms with Crippen LogP contribution in [0, 0.1) is 5.92 Å². The largest absolute Gasteiger partial charge is 0.343 e. The number of carbonyl (C=O) groups excluding carboxylic acids is 3. The number of rotatable bonds is 4. The second-order valence-electron chi connectivity index (χ2n) is 8.42. The highest BCUT2D eigenvalue weighted by molar-refractivity contribution is 5.95. The van der Waals surface area contributed by atoms with Crippen molar-refractivity contribution in [3.8, 4) is 0 Å². The van der Waals surface area contributed by atoms with Gasteiger partial charge in [-0.3, -0.25) is 14.4 Å². The highest BCUT2D eigenvalue weighted by atomic mass is 16.2. The van der Waals surface area contributed by atoms with E-state index in [1.807, 2.05) is 24.3 Å². The molecule has 0 aromatic heterocycles. The smallest absolute Gasteiger partial charge is 0.291 e. The molecular formula is C23H28N4O3. The third-order valence-corrected chi connectivity index (χ3v) is 6.39. The molecule has 0 saturated carbocycles. The zero-order valence-corrected chi connectivity index (χ0v) is 17.4. The molecule has 4 rings (SSSR count). The molecule has 1 saturated heterocycles. The SMILES string of the molecule is CC(=O)N1CCC(C(=O)Nc2cccc(CC3N=NC(=O)C4=C3CCCC4)c2)CC1. The van der Waals surface area contributed by atoms with Crippen LogP contribution >= 0.6 is 0 Å². The van der Waals surface area contributed by atoms with Gasteiger partial charge in [0.2, 0.25) is 11.8 Å². The number of nitrogens with zero attached hydrogens (tertiary/aromatic N) is 3. The number of carbonyl (C=O) groups is 3. The molecule has 1 aromatic rings. The van der Waals surface area contributed by atoms with E-state index in [4.69, 9.17) is 0 Å². The minimum Gasteiger partial charge on any atom is -0.343 e. The number of hydrogen-bond donors (Lipinski definition) is 1. The monoisotopic (exact) mass is 408 g/mol. The minimum atomic E-state index is -0.169. The molecular weight excluding hydrogens is 380 g/mol. The Hall–Kier alpha value is -2.83. The molecule has 7 heteroatoms.